The first-order valence-electron chi connectivity index (χ1n) is 4.89. The van der Waals surface area contributed by atoms with E-state index in [4.69, 9.17) is 5.11 Å². The van der Waals surface area contributed by atoms with E-state index < -0.39 is 11.4 Å². The lowest BCUT2D eigenvalue weighted by atomic mass is 10.1. The van der Waals surface area contributed by atoms with Crippen LogP contribution in [0.2, 0.25) is 0 Å². The summed E-state index contributed by atoms with van der Waals surface area (Å²) in [6, 6.07) is 3.28. The van der Waals surface area contributed by atoms with Crippen molar-refractivity contribution in [2.24, 2.45) is 0 Å². The first kappa shape index (κ1) is 9.59. The molecule has 0 aliphatic carbocycles. The summed E-state index contributed by atoms with van der Waals surface area (Å²) >= 11 is 0. The predicted octanol–water partition coefficient (Wildman–Crippen LogP) is 1.10. The van der Waals surface area contributed by atoms with E-state index in [0.717, 1.165) is 17.1 Å². The van der Waals surface area contributed by atoms with E-state index in [-0.39, 0.29) is 5.56 Å². The first-order chi connectivity index (χ1) is 8.18. The number of rotatable bonds is 1. The minimum Gasteiger partial charge on any atom is -0.477 e. The number of nitrogens with zero attached hydrogens (tertiary/aromatic N) is 1. The normalized spacial score (nSPS) is 11.1. The number of aromatic nitrogens is 3. The number of benzene rings is 1. The van der Waals surface area contributed by atoms with Crippen LogP contribution >= 0.6 is 0 Å². The Labute approximate surface area is 93.9 Å². The first-order valence-corrected chi connectivity index (χ1v) is 4.89. The van der Waals surface area contributed by atoms with Crippen molar-refractivity contribution in [1.29, 1.82) is 0 Å². The van der Waals surface area contributed by atoms with Gasteiger partial charge in [0.1, 0.15) is 5.56 Å². The van der Waals surface area contributed by atoms with E-state index in [1.54, 1.807) is 18.3 Å². The van der Waals surface area contributed by atoms with Crippen LogP contribution in [-0.4, -0.2) is 26.3 Å². The van der Waals surface area contributed by atoms with Crippen LogP contribution < -0.4 is 5.43 Å². The quantitative estimate of drug-likeness (QED) is 0.581. The van der Waals surface area contributed by atoms with Crippen molar-refractivity contribution in [1.82, 2.24) is 15.2 Å². The van der Waals surface area contributed by atoms with Crippen molar-refractivity contribution in [3.63, 3.8) is 0 Å². The predicted molar refractivity (Wildman–Crippen MR) is 61.2 cm³/mol. The lowest BCUT2D eigenvalue weighted by Gasteiger charge is -1.99. The Bertz CT molecular complexity index is 800. The van der Waals surface area contributed by atoms with Crippen LogP contribution in [0.5, 0.6) is 0 Å². The molecule has 0 radical (unpaired) electrons. The maximum atomic E-state index is 11.9. The molecule has 1 aromatic carbocycles. The molecule has 2 heterocycles. The molecule has 0 atom stereocenters. The smallest absolute Gasteiger partial charge is 0.341 e. The second-order valence-corrected chi connectivity index (χ2v) is 3.64. The second-order valence-electron chi connectivity index (χ2n) is 3.64. The van der Waals surface area contributed by atoms with Gasteiger partial charge in [0.2, 0.25) is 5.43 Å². The molecule has 0 saturated carbocycles. The highest BCUT2D eigenvalue weighted by Crippen LogP contribution is 2.19. The highest BCUT2D eigenvalue weighted by Gasteiger charge is 2.13. The molecule has 3 N–H and O–H groups in total. The molecule has 6 nitrogen and oxygen atoms in total. The highest BCUT2D eigenvalue weighted by atomic mass is 16.4. The lowest BCUT2D eigenvalue weighted by molar-refractivity contribution is 0.0695. The number of H-pyrrole nitrogens is 2. The molecule has 2 aromatic heterocycles. The Morgan fingerprint density at radius 2 is 2.12 bits per heavy atom. The number of nitrogens with one attached hydrogen (secondary N) is 2. The van der Waals surface area contributed by atoms with Crippen LogP contribution in [-0.2, 0) is 0 Å². The van der Waals surface area contributed by atoms with E-state index in [2.05, 4.69) is 15.2 Å². The number of carboxylic acid groups (broad SMARTS) is 1. The third kappa shape index (κ3) is 1.24. The number of carboxylic acids is 1. The van der Waals surface area contributed by atoms with Crippen LogP contribution in [0.3, 0.4) is 0 Å². The van der Waals surface area contributed by atoms with Gasteiger partial charge in [0.05, 0.1) is 11.0 Å². The molecule has 3 rings (SSSR count). The van der Waals surface area contributed by atoms with Gasteiger partial charge in [0.25, 0.3) is 0 Å². The molecule has 0 unspecified atom stereocenters. The number of aromatic carboxylic acids is 1. The fourth-order valence-corrected chi connectivity index (χ4v) is 1.86. The number of carbonyl (C=O) groups is 1. The molecule has 0 aliphatic heterocycles. The van der Waals surface area contributed by atoms with Crippen molar-refractivity contribution >= 4 is 27.8 Å². The summed E-state index contributed by atoms with van der Waals surface area (Å²) in [6.45, 7) is 0. The maximum Gasteiger partial charge on any atom is 0.341 e. The van der Waals surface area contributed by atoms with Gasteiger partial charge in [0, 0.05) is 23.2 Å². The molecule has 17 heavy (non-hydrogen) atoms. The Morgan fingerprint density at radius 3 is 2.88 bits per heavy atom. The molecular weight excluding hydrogens is 222 g/mol. The van der Waals surface area contributed by atoms with Crippen LogP contribution in [0.15, 0.2) is 29.3 Å². The largest absolute Gasteiger partial charge is 0.477 e. The molecule has 6 heteroatoms. The lowest BCUT2D eigenvalue weighted by Crippen LogP contribution is -2.15. The van der Waals surface area contributed by atoms with E-state index >= 15 is 0 Å². The van der Waals surface area contributed by atoms with E-state index in [9.17, 15) is 9.59 Å². The average Bonchev–Trinajstić information content (AvgIpc) is 2.77. The summed E-state index contributed by atoms with van der Waals surface area (Å²) in [4.78, 5) is 26.8. The third-order valence-corrected chi connectivity index (χ3v) is 2.68. The van der Waals surface area contributed by atoms with E-state index in [1.807, 2.05) is 0 Å². The highest BCUT2D eigenvalue weighted by molar-refractivity contribution is 6.04. The topological polar surface area (TPSA) is 98.8 Å². The molecule has 0 spiro atoms. The summed E-state index contributed by atoms with van der Waals surface area (Å²) in [5.41, 5.74) is 0.490. The van der Waals surface area contributed by atoms with Gasteiger partial charge in [0.15, 0.2) is 0 Å². The van der Waals surface area contributed by atoms with Gasteiger partial charge in [-0.2, -0.15) is 0 Å². The van der Waals surface area contributed by atoms with Crippen molar-refractivity contribution in [2.45, 2.75) is 0 Å². The van der Waals surface area contributed by atoms with E-state index in [1.165, 1.54) is 0 Å². The number of pyridine rings is 1. The van der Waals surface area contributed by atoms with Gasteiger partial charge in [-0.1, -0.05) is 0 Å². The summed E-state index contributed by atoms with van der Waals surface area (Å²) in [5.74, 6) is -1.26. The minimum absolute atomic E-state index is 0.309. The zero-order valence-corrected chi connectivity index (χ0v) is 8.52. The van der Waals surface area contributed by atoms with Crippen LogP contribution in [0.4, 0.5) is 0 Å². The summed E-state index contributed by atoms with van der Waals surface area (Å²) in [5, 5.41) is 15.6. The second kappa shape index (κ2) is 3.18. The maximum absolute atomic E-state index is 11.9. The average molecular weight is 229 g/mol. The SMILES string of the molecule is O=C(O)c1cnc2c(ccc3[nH][nH]cc32)c1=O. The Hall–Kier alpha value is -2.63. The van der Waals surface area contributed by atoms with Gasteiger partial charge in [-0.15, -0.1) is 0 Å². The van der Waals surface area contributed by atoms with Gasteiger partial charge in [-0.3, -0.25) is 9.78 Å². The van der Waals surface area contributed by atoms with Crippen molar-refractivity contribution < 1.29 is 9.90 Å². The Morgan fingerprint density at radius 1 is 1.29 bits per heavy atom. The number of hydrogen-bond donors (Lipinski definition) is 3. The number of fused-ring (bicyclic) bond motifs is 3. The number of hydrogen-bond acceptors (Lipinski definition) is 3. The molecule has 3 aromatic rings. The van der Waals surface area contributed by atoms with Gasteiger partial charge >= 0.3 is 5.97 Å². The zero-order valence-electron chi connectivity index (χ0n) is 8.52. The van der Waals surface area contributed by atoms with Gasteiger partial charge in [-0.05, 0) is 12.1 Å². The number of aromatic amines is 2. The van der Waals surface area contributed by atoms with Gasteiger partial charge < -0.3 is 15.3 Å². The summed E-state index contributed by atoms with van der Waals surface area (Å²) in [7, 11) is 0. The van der Waals surface area contributed by atoms with Crippen LogP contribution in [0, 0.1) is 0 Å². The summed E-state index contributed by atoms with van der Waals surface area (Å²) in [6.07, 6.45) is 2.78. The molecule has 0 aliphatic rings. The standard InChI is InChI=1S/C11H7N3O3/c15-10-5-1-2-8-6(4-13-14-8)9(5)12-3-7(10)11(16)17/h1-4,13-14H,(H,16,17). The minimum atomic E-state index is -1.26. The molecular formula is C11H7N3O3. The molecule has 0 amide bonds. The molecule has 0 bridgehead atoms. The fraction of sp³-hybridized carbons (Fsp3) is 0. The van der Waals surface area contributed by atoms with Gasteiger partial charge in [-0.25, -0.2) is 4.79 Å². The van der Waals surface area contributed by atoms with Crippen molar-refractivity contribution in [3.8, 4) is 0 Å². The molecule has 0 saturated heterocycles. The van der Waals surface area contributed by atoms with E-state index in [0.29, 0.717) is 10.9 Å². The Balaban J connectivity index is 2.53. The summed E-state index contributed by atoms with van der Waals surface area (Å²) < 4.78 is 0. The monoisotopic (exact) mass is 229 g/mol. The van der Waals surface area contributed by atoms with Crippen molar-refractivity contribution in [2.75, 3.05) is 0 Å². The Kier molecular flexibility index (Phi) is 1.79. The molecule has 84 valence electrons. The fourth-order valence-electron chi connectivity index (χ4n) is 1.86. The van der Waals surface area contributed by atoms with Crippen molar-refractivity contribution in [3.05, 3.63) is 40.3 Å². The molecule has 0 fully saturated rings. The third-order valence-electron chi connectivity index (χ3n) is 2.68. The van der Waals surface area contributed by atoms with Crippen LogP contribution in [0.25, 0.3) is 21.8 Å². The van der Waals surface area contributed by atoms with Crippen LogP contribution in [0.1, 0.15) is 10.4 Å². The zero-order chi connectivity index (χ0) is 12.0.